The summed E-state index contributed by atoms with van der Waals surface area (Å²) in [5.74, 6) is 0. The van der Waals surface area contributed by atoms with Crippen LogP contribution < -0.4 is 5.73 Å². The summed E-state index contributed by atoms with van der Waals surface area (Å²) in [6.45, 7) is 8.56. The Kier molecular flexibility index (Phi) is 3.82. The van der Waals surface area contributed by atoms with Gasteiger partial charge in [-0.25, -0.2) is 0 Å². The normalized spacial score (nSPS) is 21.1. The molecule has 0 aromatic heterocycles. The van der Waals surface area contributed by atoms with Crippen molar-refractivity contribution in [2.45, 2.75) is 19.4 Å². The zero-order chi connectivity index (χ0) is 12.3. The molecule has 3 nitrogen and oxygen atoms in total. The molecule has 94 valence electrons. The maximum atomic E-state index is 6.06. The molecule has 1 saturated heterocycles. The van der Waals surface area contributed by atoms with Crippen LogP contribution in [-0.2, 0) is 10.3 Å². The van der Waals surface area contributed by atoms with E-state index in [0.717, 1.165) is 26.3 Å². The second-order valence-corrected chi connectivity index (χ2v) is 4.89. The van der Waals surface area contributed by atoms with Crippen molar-refractivity contribution in [2.75, 3.05) is 32.8 Å². The van der Waals surface area contributed by atoms with Crippen molar-refractivity contribution in [3.05, 3.63) is 35.4 Å². The van der Waals surface area contributed by atoms with Crippen LogP contribution in [0.25, 0.3) is 0 Å². The lowest BCUT2D eigenvalue weighted by molar-refractivity contribution is -0.0154. The van der Waals surface area contributed by atoms with Gasteiger partial charge in [-0.05, 0) is 25.0 Å². The molecule has 1 atom stereocenters. The van der Waals surface area contributed by atoms with Crippen LogP contribution in [0.5, 0.6) is 0 Å². The molecule has 1 aliphatic rings. The summed E-state index contributed by atoms with van der Waals surface area (Å²) in [5, 5.41) is 0. The van der Waals surface area contributed by atoms with E-state index in [1.54, 1.807) is 0 Å². The van der Waals surface area contributed by atoms with Gasteiger partial charge in [0, 0.05) is 19.6 Å². The first-order valence-electron chi connectivity index (χ1n) is 6.27. The summed E-state index contributed by atoms with van der Waals surface area (Å²) in [6, 6.07) is 8.52. The minimum Gasteiger partial charge on any atom is -0.379 e. The average Bonchev–Trinajstić information content (AvgIpc) is 2.39. The van der Waals surface area contributed by atoms with Crippen molar-refractivity contribution in [2.24, 2.45) is 5.73 Å². The second kappa shape index (κ2) is 5.17. The van der Waals surface area contributed by atoms with E-state index in [1.807, 2.05) is 0 Å². The number of aryl methyl sites for hydroxylation is 1. The summed E-state index contributed by atoms with van der Waals surface area (Å²) < 4.78 is 5.42. The Labute approximate surface area is 104 Å². The smallest absolute Gasteiger partial charge is 0.0594 e. The predicted molar refractivity (Wildman–Crippen MR) is 70.0 cm³/mol. The highest BCUT2D eigenvalue weighted by atomic mass is 16.5. The molecule has 1 unspecified atom stereocenters. The summed E-state index contributed by atoms with van der Waals surface area (Å²) >= 11 is 0. The number of benzene rings is 1. The number of morpholine rings is 1. The Bertz CT molecular complexity index is 374. The maximum Gasteiger partial charge on any atom is 0.0594 e. The first-order chi connectivity index (χ1) is 8.18. The number of hydrogen-bond donors (Lipinski definition) is 1. The van der Waals surface area contributed by atoms with E-state index in [1.165, 1.54) is 11.1 Å². The van der Waals surface area contributed by atoms with Gasteiger partial charge in [0.1, 0.15) is 0 Å². The van der Waals surface area contributed by atoms with Gasteiger partial charge in [0.25, 0.3) is 0 Å². The summed E-state index contributed by atoms with van der Waals surface area (Å²) in [7, 11) is 0. The molecule has 2 N–H and O–H groups in total. The molecule has 1 heterocycles. The third-order valence-corrected chi connectivity index (χ3v) is 3.83. The van der Waals surface area contributed by atoms with E-state index in [4.69, 9.17) is 10.5 Å². The molecule has 0 spiro atoms. The van der Waals surface area contributed by atoms with Crippen LogP contribution >= 0.6 is 0 Å². The molecular weight excluding hydrogens is 212 g/mol. The fourth-order valence-corrected chi connectivity index (χ4v) is 2.64. The molecule has 1 aromatic carbocycles. The molecule has 2 rings (SSSR count). The third kappa shape index (κ3) is 2.37. The topological polar surface area (TPSA) is 38.5 Å². The molecule has 1 fully saturated rings. The number of hydrogen-bond acceptors (Lipinski definition) is 3. The van der Waals surface area contributed by atoms with Crippen molar-refractivity contribution in [3.8, 4) is 0 Å². The van der Waals surface area contributed by atoms with Crippen LogP contribution in [0.15, 0.2) is 24.3 Å². The molecule has 0 radical (unpaired) electrons. The lowest BCUT2D eigenvalue weighted by Gasteiger charge is -2.43. The SMILES string of the molecule is Cc1ccccc1C(C)(CN)N1CCOCC1. The minimum atomic E-state index is -0.0743. The molecule has 0 aliphatic carbocycles. The van der Waals surface area contributed by atoms with Crippen molar-refractivity contribution < 1.29 is 4.74 Å². The molecule has 1 aliphatic heterocycles. The lowest BCUT2D eigenvalue weighted by atomic mass is 9.86. The Hall–Kier alpha value is -0.900. The monoisotopic (exact) mass is 234 g/mol. The van der Waals surface area contributed by atoms with Crippen LogP contribution in [-0.4, -0.2) is 37.7 Å². The maximum absolute atomic E-state index is 6.06. The highest BCUT2D eigenvalue weighted by Crippen LogP contribution is 2.30. The zero-order valence-corrected chi connectivity index (χ0v) is 10.8. The number of ether oxygens (including phenoxy) is 1. The van der Waals surface area contributed by atoms with E-state index < -0.39 is 0 Å². The fraction of sp³-hybridized carbons (Fsp3) is 0.571. The first kappa shape index (κ1) is 12.6. The Morgan fingerprint density at radius 3 is 2.53 bits per heavy atom. The van der Waals surface area contributed by atoms with Gasteiger partial charge in [-0.15, -0.1) is 0 Å². The van der Waals surface area contributed by atoms with Gasteiger partial charge >= 0.3 is 0 Å². The van der Waals surface area contributed by atoms with Crippen LogP contribution in [0.3, 0.4) is 0 Å². The third-order valence-electron chi connectivity index (χ3n) is 3.83. The van der Waals surface area contributed by atoms with E-state index in [-0.39, 0.29) is 5.54 Å². The van der Waals surface area contributed by atoms with E-state index in [9.17, 15) is 0 Å². The number of nitrogens with two attached hydrogens (primary N) is 1. The number of nitrogens with zero attached hydrogens (tertiary/aromatic N) is 1. The van der Waals surface area contributed by atoms with Crippen molar-refractivity contribution in [1.29, 1.82) is 0 Å². The van der Waals surface area contributed by atoms with Crippen molar-refractivity contribution in [1.82, 2.24) is 4.90 Å². The van der Waals surface area contributed by atoms with Crippen LogP contribution in [0.2, 0.25) is 0 Å². The van der Waals surface area contributed by atoms with Crippen LogP contribution in [0, 0.1) is 6.92 Å². The largest absolute Gasteiger partial charge is 0.379 e. The van der Waals surface area contributed by atoms with Crippen LogP contribution in [0.4, 0.5) is 0 Å². The van der Waals surface area contributed by atoms with E-state index in [2.05, 4.69) is 43.0 Å². The van der Waals surface area contributed by atoms with Gasteiger partial charge < -0.3 is 10.5 Å². The van der Waals surface area contributed by atoms with Gasteiger partial charge in [-0.1, -0.05) is 24.3 Å². The van der Waals surface area contributed by atoms with Crippen molar-refractivity contribution >= 4 is 0 Å². The average molecular weight is 234 g/mol. The molecule has 0 bridgehead atoms. The quantitative estimate of drug-likeness (QED) is 0.861. The zero-order valence-electron chi connectivity index (χ0n) is 10.8. The molecule has 0 saturated carbocycles. The second-order valence-electron chi connectivity index (χ2n) is 4.89. The predicted octanol–water partition coefficient (Wildman–Crippen LogP) is 1.50. The molecule has 1 aromatic rings. The van der Waals surface area contributed by atoms with Gasteiger partial charge in [-0.2, -0.15) is 0 Å². The summed E-state index contributed by atoms with van der Waals surface area (Å²) in [6.07, 6.45) is 0. The minimum absolute atomic E-state index is 0.0743. The van der Waals surface area contributed by atoms with Crippen LogP contribution in [0.1, 0.15) is 18.1 Å². The lowest BCUT2D eigenvalue weighted by Crippen LogP contribution is -2.53. The standard InChI is InChI=1S/C14H22N2O/c1-12-5-3-4-6-13(12)14(2,11-15)16-7-9-17-10-8-16/h3-6H,7-11,15H2,1-2H3. The first-order valence-corrected chi connectivity index (χ1v) is 6.27. The Morgan fingerprint density at radius 1 is 1.29 bits per heavy atom. The number of rotatable bonds is 3. The highest BCUT2D eigenvalue weighted by Gasteiger charge is 2.34. The molecule has 0 amide bonds. The van der Waals surface area contributed by atoms with Gasteiger partial charge in [0.2, 0.25) is 0 Å². The summed E-state index contributed by atoms with van der Waals surface area (Å²) in [5.41, 5.74) is 8.63. The molecule has 17 heavy (non-hydrogen) atoms. The Balaban J connectivity index is 2.32. The van der Waals surface area contributed by atoms with E-state index in [0.29, 0.717) is 6.54 Å². The Morgan fingerprint density at radius 2 is 1.94 bits per heavy atom. The molecular formula is C14H22N2O. The summed E-state index contributed by atoms with van der Waals surface area (Å²) in [4.78, 5) is 2.44. The van der Waals surface area contributed by atoms with Gasteiger partial charge in [0.05, 0.1) is 18.8 Å². The fourth-order valence-electron chi connectivity index (χ4n) is 2.64. The molecule has 3 heteroatoms. The van der Waals surface area contributed by atoms with Gasteiger partial charge in [-0.3, -0.25) is 4.90 Å². The van der Waals surface area contributed by atoms with Gasteiger partial charge in [0.15, 0.2) is 0 Å². The van der Waals surface area contributed by atoms with Crippen molar-refractivity contribution in [3.63, 3.8) is 0 Å². The van der Waals surface area contributed by atoms with E-state index >= 15 is 0 Å². The highest BCUT2D eigenvalue weighted by molar-refractivity contribution is 5.32.